The van der Waals surface area contributed by atoms with Gasteiger partial charge in [-0.1, -0.05) is 73.1 Å². The Bertz CT molecular complexity index is 1140. The first-order valence-corrected chi connectivity index (χ1v) is 15.8. The van der Waals surface area contributed by atoms with Gasteiger partial charge in [0.05, 0.1) is 11.4 Å². The Hall–Kier alpha value is -3.10. The summed E-state index contributed by atoms with van der Waals surface area (Å²) in [4.78, 5) is 30.3. The number of hydrogen-bond donors (Lipinski definition) is 3. The average Bonchev–Trinajstić information content (AvgIpc) is 3.51. The largest absolute Gasteiger partial charge is 0.398 e. The van der Waals surface area contributed by atoms with Gasteiger partial charge in [0.2, 0.25) is 0 Å². The fourth-order valence-electron chi connectivity index (χ4n) is 3.51. The Morgan fingerprint density at radius 1 is 1.17 bits per heavy atom. The number of hydrogen-bond acceptors (Lipinski definition) is 7. The van der Waals surface area contributed by atoms with Crippen LogP contribution >= 0.6 is 24.0 Å². The highest BCUT2D eigenvalue weighted by Gasteiger charge is 2.17. The maximum atomic E-state index is 13.1. The molecule has 1 unspecified atom stereocenters. The van der Waals surface area contributed by atoms with Gasteiger partial charge < -0.3 is 16.4 Å². The number of thiol groups is 1. The molecule has 0 saturated carbocycles. The van der Waals surface area contributed by atoms with Crippen LogP contribution in [0.3, 0.4) is 0 Å². The second kappa shape index (κ2) is 22.6. The zero-order valence-corrected chi connectivity index (χ0v) is 27.4. The van der Waals surface area contributed by atoms with Gasteiger partial charge in [-0.3, -0.25) is 14.6 Å². The fourth-order valence-corrected chi connectivity index (χ4v) is 4.33. The number of carbonyl (C=O) groups is 2. The molecule has 0 saturated heterocycles. The SMILES string of the molecule is C=C\C=C(/N=C(\C=C(/N)C(=O)N(CCC)CCC(C)CC)CCC)c1ccc(N)c(S)c1.CC.O=Cc1ccsc1. The summed E-state index contributed by atoms with van der Waals surface area (Å²) >= 11 is 5.95. The third-order valence-electron chi connectivity index (χ3n) is 5.99. The van der Waals surface area contributed by atoms with Gasteiger partial charge in [-0.15, -0.1) is 12.6 Å². The standard InChI is InChI=1S/C26H40N4OS.C5H4OS.C2H6/c1-6-10-21(29-24(11-7-2)20-12-13-22(27)25(32)17-20)18-23(28)26(31)30(15-8-3)16-14-19(5)9-4;6-3-5-1-2-7-4-5;1-2/h7,11-13,17-19,32H,2,6,8-10,14-16,27-28H2,1,3-5H3;1-4H;1-2H3/b23-18-,24-11-,29-21-;;. The first kappa shape index (κ1) is 37.9. The molecule has 226 valence electrons. The van der Waals surface area contributed by atoms with E-state index in [4.69, 9.17) is 16.5 Å². The molecular formula is C33H50N4O2S2. The fraction of sp³-hybridized carbons (Fsp3) is 0.424. The van der Waals surface area contributed by atoms with Gasteiger partial charge in [0.25, 0.3) is 5.91 Å². The van der Waals surface area contributed by atoms with E-state index in [9.17, 15) is 9.59 Å². The molecule has 2 aromatic rings. The number of carbonyl (C=O) groups excluding carboxylic acids is 2. The van der Waals surface area contributed by atoms with Crippen molar-refractivity contribution < 1.29 is 9.59 Å². The Balaban J connectivity index is 0.00000151. The van der Waals surface area contributed by atoms with Crippen molar-refractivity contribution in [2.75, 3.05) is 18.8 Å². The molecule has 0 aliphatic heterocycles. The van der Waals surface area contributed by atoms with Crippen LogP contribution in [0.2, 0.25) is 0 Å². The summed E-state index contributed by atoms with van der Waals surface area (Å²) < 4.78 is 0. The van der Waals surface area contributed by atoms with Crippen LogP contribution in [-0.2, 0) is 4.79 Å². The van der Waals surface area contributed by atoms with E-state index in [1.807, 2.05) is 47.7 Å². The molecule has 6 nitrogen and oxygen atoms in total. The molecule has 0 bridgehead atoms. The molecule has 1 aromatic carbocycles. The van der Waals surface area contributed by atoms with Crippen LogP contribution in [0, 0.1) is 5.92 Å². The van der Waals surface area contributed by atoms with E-state index in [0.29, 0.717) is 36.0 Å². The lowest BCUT2D eigenvalue weighted by molar-refractivity contribution is -0.127. The highest BCUT2D eigenvalue weighted by Crippen LogP contribution is 2.24. The number of nitrogen functional groups attached to an aromatic ring is 1. The third kappa shape index (κ3) is 14.9. The van der Waals surface area contributed by atoms with E-state index < -0.39 is 0 Å². The summed E-state index contributed by atoms with van der Waals surface area (Å²) in [6.45, 7) is 17.7. The molecule has 41 heavy (non-hydrogen) atoms. The van der Waals surface area contributed by atoms with Crippen LogP contribution in [0.15, 0.2) is 75.4 Å². The molecule has 0 radical (unpaired) electrons. The summed E-state index contributed by atoms with van der Waals surface area (Å²) in [6.07, 6.45) is 10.6. The van der Waals surface area contributed by atoms with Crippen LogP contribution < -0.4 is 11.5 Å². The van der Waals surface area contributed by atoms with Crippen LogP contribution in [0.25, 0.3) is 5.70 Å². The summed E-state index contributed by atoms with van der Waals surface area (Å²) in [5, 5.41) is 3.69. The van der Waals surface area contributed by atoms with E-state index in [2.05, 4.69) is 46.9 Å². The van der Waals surface area contributed by atoms with Crippen molar-refractivity contribution in [1.29, 1.82) is 0 Å². The smallest absolute Gasteiger partial charge is 0.269 e. The minimum atomic E-state index is -0.127. The molecule has 0 aliphatic carbocycles. The summed E-state index contributed by atoms with van der Waals surface area (Å²) in [5.74, 6) is 0.450. The number of allylic oxidation sites excluding steroid dienone is 3. The molecule has 1 amide bonds. The third-order valence-corrected chi connectivity index (χ3v) is 7.08. The number of aliphatic imine (C=N–C) groups is 1. The number of amides is 1. The van der Waals surface area contributed by atoms with Crippen LogP contribution in [0.4, 0.5) is 5.69 Å². The van der Waals surface area contributed by atoms with E-state index in [0.717, 1.165) is 54.5 Å². The number of thiophene rings is 1. The van der Waals surface area contributed by atoms with Crippen molar-refractivity contribution in [2.45, 2.75) is 78.5 Å². The van der Waals surface area contributed by atoms with Gasteiger partial charge in [0.15, 0.2) is 6.29 Å². The summed E-state index contributed by atoms with van der Waals surface area (Å²) in [5.41, 5.74) is 16.1. The van der Waals surface area contributed by atoms with Crippen LogP contribution in [-0.4, -0.2) is 35.9 Å². The normalized spacial score (nSPS) is 12.3. The van der Waals surface area contributed by atoms with E-state index >= 15 is 0 Å². The maximum Gasteiger partial charge on any atom is 0.269 e. The highest BCUT2D eigenvalue weighted by molar-refractivity contribution is 7.80. The quantitative estimate of drug-likeness (QED) is 0.0507. The maximum absolute atomic E-state index is 13.1. The zero-order chi connectivity index (χ0) is 31.2. The number of rotatable bonds is 14. The van der Waals surface area contributed by atoms with Gasteiger partial charge in [0, 0.05) is 45.9 Å². The number of anilines is 1. The van der Waals surface area contributed by atoms with Crippen molar-refractivity contribution in [3.8, 4) is 0 Å². The molecule has 1 aromatic heterocycles. The van der Waals surface area contributed by atoms with Crippen molar-refractivity contribution >= 4 is 53.3 Å². The lowest BCUT2D eigenvalue weighted by atomic mass is 10.0. The molecule has 0 aliphatic rings. The van der Waals surface area contributed by atoms with Gasteiger partial charge in [-0.25, -0.2) is 0 Å². The van der Waals surface area contributed by atoms with Crippen molar-refractivity contribution in [3.05, 3.63) is 76.7 Å². The van der Waals surface area contributed by atoms with Gasteiger partial charge >= 0.3 is 0 Å². The Kier molecular flexibility index (Phi) is 20.9. The van der Waals surface area contributed by atoms with E-state index in [1.165, 1.54) is 11.3 Å². The van der Waals surface area contributed by atoms with Crippen LogP contribution in [0.5, 0.6) is 0 Å². The molecule has 2 rings (SSSR count). The predicted octanol–water partition coefficient (Wildman–Crippen LogP) is 8.43. The monoisotopic (exact) mass is 598 g/mol. The van der Waals surface area contributed by atoms with Gasteiger partial charge in [-0.05, 0) is 60.9 Å². The van der Waals surface area contributed by atoms with E-state index in [-0.39, 0.29) is 11.6 Å². The minimum absolute atomic E-state index is 0.127. The van der Waals surface area contributed by atoms with Crippen molar-refractivity contribution in [3.63, 3.8) is 0 Å². The molecule has 8 heteroatoms. The number of nitrogens with two attached hydrogens (primary N) is 2. The Morgan fingerprint density at radius 3 is 2.37 bits per heavy atom. The summed E-state index contributed by atoms with van der Waals surface area (Å²) in [7, 11) is 0. The van der Waals surface area contributed by atoms with Gasteiger partial charge in [0.1, 0.15) is 0 Å². The molecule has 1 atom stereocenters. The number of benzene rings is 1. The lowest BCUT2D eigenvalue weighted by Crippen LogP contribution is -2.36. The lowest BCUT2D eigenvalue weighted by Gasteiger charge is -2.24. The summed E-state index contributed by atoms with van der Waals surface area (Å²) in [6, 6.07) is 7.36. The predicted molar refractivity (Wildman–Crippen MR) is 183 cm³/mol. The number of aldehydes is 1. The number of nitrogens with zero attached hydrogens (tertiary/aromatic N) is 2. The first-order valence-electron chi connectivity index (χ1n) is 14.4. The average molecular weight is 599 g/mol. The van der Waals surface area contributed by atoms with Crippen molar-refractivity contribution in [1.82, 2.24) is 4.90 Å². The molecular weight excluding hydrogens is 549 g/mol. The second-order valence-electron chi connectivity index (χ2n) is 9.28. The molecule has 0 fully saturated rings. The molecule has 4 N–H and O–H groups in total. The topological polar surface area (TPSA) is 102 Å². The van der Waals surface area contributed by atoms with Gasteiger partial charge in [-0.2, -0.15) is 11.3 Å². The molecule has 1 heterocycles. The van der Waals surface area contributed by atoms with E-state index in [1.54, 1.807) is 24.3 Å². The second-order valence-corrected chi connectivity index (χ2v) is 10.5. The van der Waals surface area contributed by atoms with Crippen molar-refractivity contribution in [2.24, 2.45) is 16.6 Å². The first-order chi connectivity index (χ1) is 19.7. The minimum Gasteiger partial charge on any atom is -0.398 e. The highest BCUT2D eigenvalue weighted by atomic mass is 32.1. The zero-order valence-electron chi connectivity index (χ0n) is 25.7. The Morgan fingerprint density at radius 2 is 1.88 bits per heavy atom. The Labute approximate surface area is 257 Å². The molecule has 0 spiro atoms. The van der Waals surface area contributed by atoms with Crippen LogP contribution in [0.1, 0.15) is 89.6 Å².